The van der Waals surface area contributed by atoms with Crippen molar-refractivity contribution < 1.29 is 4.42 Å². The molecule has 0 aliphatic heterocycles. The van der Waals surface area contributed by atoms with Crippen molar-refractivity contribution in [2.75, 3.05) is 4.90 Å². The van der Waals surface area contributed by atoms with E-state index < -0.39 is 0 Å². The van der Waals surface area contributed by atoms with E-state index in [-0.39, 0.29) is 0 Å². The molecule has 0 radical (unpaired) electrons. The van der Waals surface area contributed by atoms with E-state index in [0.29, 0.717) is 0 Å². The molecule has 12 rings (SSSR count). The number of benzene rings is 11. The summed E-state index contributed by atoms with van der Waals surface area (Å²) >= 11 is 0. The summed E-state index contributed by atoms with van der Waals surface area (Å²) in [6.07, 6.45) is 0. The summed E-state index contributed by atoms with van der Waals surface area (Å²) in [6, 6.07) is 85.5. The van der Waals surface area contributed by atoms with Crippen LogP contribution in [0.4, 0.5) is 17.1 Å². The molecule has 0 N–H and O–H groups in total. The van der Waals surface area contributed by atoms with Crippen LogP contribution in [0.2, 0.25) is 0 Å². The van der Waals surface area contributed by atoms with Gasteiger partial charge in [0, 0.05) is 27.8 Å². The first kappa shape index (κ1) is 35.7. The minimum absolute atomic E-state index is 0.892. The zero-order chi connectivity index (χ0) is 41.0. The number of fused-ring (bicyclic) bond motifs is 7. The quantitative estimate of drug-likeness (QED) is 0.150. The molecule has 0 aliphatic carbocycles. The maximum absolute atomic E-state index is 6.31. The number of para-hydroxylation sites is 1. The highest BCUT2D eigenvalue weighted by molar-refractivity contribution is 6.14. The molecule has 1 heterocycles. The van der Waals surface area contributed by atoms with Crippen molar-refractivity contribution in [3.63, 3.8) is 0 Å². The van der Waals surface area contributed by atoms with Crippen molar-refractivity contribution in [3.05, 3.63) is 237 Å². The Morgan fingerprint density at radius 3 is 1.55 bits per heavy atom. The van der Waals surface area contributed by atoms with Gasteiger partial charge in [-0.2, -0.15) is 0 Å². The van der Waals surface area contributed by atoms with Gasteiger partial charge in [-0.3, -0.25) is 0 Å². The van der Waals surface area contributed by atoms with Gasteiger partial charge in [-0.1, -0.05) is 182 Å². The summed E-state index contributed by atoms with van der Waals surface area (Å²) in [5.41, 5.74) is 14.5. The molecule has 0 aliphatic rings. The maximum atomic E-state index is 6.31. The van der Waals surface area contributed by atoms with Crippen molar-refractivity contribution in [2.45, 2.75) is 0 Å². The summed E-state index contributed by atoms with van der Waals surface area (Å²) in [5, 5.41) is 9.82. The van der Waals surface area contributed by atoms with Crippen LogP contribution < -0.4 is 4.90 Å². The molecule has 0 amide bonds. The van der Waals surface area contributed by atoms with Gasteiger partial charge in [0.25, 0.3) is 0 Å². The Morgan fingerprint density at radius 1 is 0.258 bits per heavy atom. The molecule has 62 heavy (non-hydrogen) atoms. The van der Waals surface area contributed by atoms with E-state index in [9.17, 15) is 0 Å². The minimum atomic E-state index is 0.892. The smallest absolute Gasteiger partial charge is 0.136 e. The first-order valence-corrected chi connectivity index (χ1v) is 21.2. The summed E-state index contributed by atoms with van der Waals surface area (Å²) in [4.78, 5) is 2.37. The average Bonchev–Trinajstić information content (AvgIpc) is 3.73. The van der Waals surface area contributed by atoms with Crippen LogP contribution in [0.3, 0.4) is 0 Å². The SMILES string of the molecule is c1cc(-c2cccc3oc4ccccc4c23)cc(N(c2ccc(-c3ccc(-c4cccc5ccccc45)cc3)cc2)c2ccc(-c3cc4ccccc4c4ccccc34)cc2)c1. The number of hydrogen-bond donors (Lipinski definition) is 0. The predicted octanol–water partition coefficient (Wildman–Crippen LogP) is 17.2. The van der Waals surface area contributed by atoms with Gasteiger partial charge in [-0.15, -0.1) is 0 Å². The van der Waals surface area contributed by atoms with Crippen molar-refractivity contribution in [3.8, 4) is 44.5 Å². The molecule has 11 aromatic carbocycles. The molecule has 0 atom stereocenters. The van der Waals surface area contributed by atoms with Crippen molar-refractivity contribution >= 4 is 71.3 Å². The van der Waals surface area contributed by atoms with Gasteiger partial charge in [0.05, 0.1) is 0 Å². The molecule has 0 bridgehead atoms. The molecule has 0 spiro atoms. The van der Waals surface area contributed by atoms with Crippen molar-refractivity contribution in [1.82, 2.24) is 0 Å². The lowest BCUT2D eigenvalue weighted by Crippen LogP contribution is -2.10. The Morgan fingerprint density at radius 2 is 0.774 bits per heavy atom. The molecular formula is C60H39NO. The van der Waals surface area contributed by atoms with Crippen LogP contribution in [0.5, 0.6) is 0 Å². The Balaban J connectivity index is 0.952. The molecule has 2 nitrogen and oxygen atoms in total. The van der Waals surface area contributed by atoms with Crippen molar-refractivity contribution in [1.29, 1.82) is 0 Å². The van der Waals surface area contributed by atoms with Gasteiger partial charge in [-0.25, -0.2) is 0 Å². The summed E-state index contributed by atoms with van der Waals surface area (Å²) in [7, 11) is 0. The molecule has 0 saturated heterocycles. The van der Waals surface area contributed by atoms with Crippen molar-refractivity contribution in [2.24, 2.45) is 0 Å². The molecule has 0 unspecified atom stereocenters. The lowest BCUT2D eigenvalue weighted by atomic mass is 9.93. The topological polar surface area (TPSA) is 16.4 Å². The lowest BCUT2D eigenvalue weighted by molar-refractivity contribution is 0.669. The van der Waals surface area contributed by atoms with E-state index in [4.69, 9.17) is 4.42 Å². The monoisotopic (exact) mass is 789 g/mol. The maximum Gasteiger partial charge on any atom is 0.136 e. The van der Waals surface area contributed by atoms with Crippen LogP contribution in [0, 0.1) is 0 Å². The number of rotatable bonds is 7. The normalized spacial score (nSPS) is 11.5. The summed E-state index contributed by atoms with van der Waals surface area (Å²) in [5.74, 6) is 0. The molecule has 2 heteroatoms. The molecular weight excluding hydrogens is 751 g/mol. The number of hydrogen-bond acceptors (Lipinski definition) is 2. The molecule has 12 aromatic rings. The summed E-state index contributed by atoms with van der Waals surface area (Å²) < 4.78 is 6.31. The third-order valence-corrected chi connectivity index (χ3v) is 12.5. The lowest BCUT2D eigenvalue weighted by Gasteiger charge is -2.26. The zero-order valence-corrected chi connectivity index (χ0v) is 33.9. The second kappa shape index (κ2) is 14.8. The Labute approximate surface area is 360 Å². The van der Waals surface area contributed by atoms with Gasteiger partial charge >= 0.3 is 0 Å². The fraction of sp³-hybridized carbons (Fsp3) is 0. The highest BCUT2D eigenvalue weighted by Crippen LogP contribution is 2.42. The Hall–Kier alpha value is -8.20. The standard InChI is InChI=1S/C60H39NO/c1-3-17-50-42(12-1)14-10-22-51(50)43-28-26-40(27-29-43)41-30-34-47(35-31-41)61(49-16-9-15-45(38-49)53-23-11-25-59-60(53)56-21-7-8-24-58(56)62-59)48-36-32-44(33-37-48)57-39-46-13-2-4-18-52(46)54-19-5-6-20-55(54)57/h1-39H. The third kappa shape index (κ3) is 6.12. The third-order valence-electron chi connectivity index (χ3n) is 12.5. The molecule has 0 fully saturated rings. The van der Waals surface area contributed by atoms with E-state index in [2.05, 4.69) is 229 Å². The van der Waals surface area contributed by atoms with Crippen LogP contribution in [-0.4, -0.2) is 0 Å². The van der Waals surface area contributed by atoms with E-state index in [1.54, 1.807) is 0 Å². The highest BCUT2D eigenvalue weighted by atomic mass is 16.3. The second-order valence-corrected chi connectivity index (χ2v) is 16.1. The molecule has 1 aromatic heterocycles. The average molecular weight is 790 g/mol. The van der Waals surface area contributed by atoms with Gasteiger partial charge in [0.15, 0.2) is 0 Å². The first-order valence-electron chi connectivity index (χ1n) is 21.2. The van der Waals surface area contributed by atoms with Gasteiger partial charge < -0.3 is 9.32 Å². The van der Waals surface area contributed by atoms with E-state index >= 15 is 0 Å². The van der Waals surface area contributed by atoms with Gasteiger partial charge in [0.2, 0.25) is 0 Å². The number of furan rings is 1. The second-order valence-electron chi connectivity index (χ2n) is 16.1. The van der Waals surface area contributed by atoms with Crippen LogP contribution in [0.15, 0.2) is 241 Å². The Bertz CT molecular complexity index is 3610. The van der Waals surface area contributed by atoms with E-state index in [0.717, 1.165) is 50.1 Å². The van der Waals surface area contributed by atoms with E-state index in [1.807, 2.05) is 12.1 Å². The van der Waals surface area contributed by atoms with E-state index in [1.165, 1.54) is 65.7 Å². The van der Waals surface area contributed by atoms with Gasteiger partial charge in [-0.05, 0) is 131 Å². The van der Waals surface area contributed by atoms with Crippen LogP contribution in [-0.2, 0) is 0 Å². The number of nitrogens with zero attached hydrogens (tertiary/aromatic N) is 1. The minimum Gasteiger partial charge on any atom is -0.456 e. The number of anilines is 3. The predicted molar refractivity (Wildman–Crippen MR) is 263 cm³/mol. The summed E-state index contributed by atoms with van der Waals surface area (Å²) in [6.45, 7) is 0. The fourth-order valence-corrected chi connectivity index (χ4v) is 9.48. The Kier molecular flexibility index (Phi) is 8.53. The van der Waals surface area contributed by atoms with Gasteiger partial charge in [0.1, 0.15) is 11.2 Å². The first-order chi connectivity index (χ1) is 30.7. The van der Waals surface area contributed by atoms with Crippen LogP contribution >= 0.6 is 0 Å². The largest absolute Gasteiger partial charge is 0.456 e. The molecule has 290 valence electrons. The zero-order valence-electron chi connectivity index (χ0n) is 33.9. The fourth-order valence-electron chi connectivity index (χ4n) is 9.48. The van der Waals surface area contributed by atoms with Crippen LogP contribution in [0.1, 0.15) is 0 Å². The highest BCUT2D eigenvalue weighted by Gasteiger charge is 2.18. The molecule has 0 saturated carbocycles. The van der Waals surface area contributed by atoms with Crippen LogP contribution in [0.25, 0.3) is 98.8 Å².